The highest BCUT2D eigenvalue weighted by Gasteiger charge is 2.13. The predicted octanol–water partition coefficient (Wildman–Crippen LogP) is 3.33. The number of ether oxygens (including phenoxy) is 1. The molecule has 4 heteroatoms. The molecule has 0 aliphatic carbocycles. The Morgan fingerprint density at radius 3 is 2.18 bits per heavy atom. The van der Waals surface area contributed by atoms with Crippen LogP contribution in [-0.2, 0) is 16.0 Å². The summed E-state index contributed by atoms with van der Waals surface area (Å²) in [5.41, 5.74) is 2.15. The van der Waals surface area contributed by atoms with Crippen LogP contribution < -0.4 is 5.32 Å². The molecular weight excluding hydrogens is 276 g/mol. The van der Waals surface area contributed by atoms with Crippen molar-refractivity contribution >= 4 is 11.6 Å². The van der Waals surface area contributed by atoms with E-state index in [4.69, 9.17) is 4.74 Å². The molecule has 0 atom stereocenters. The molecule has 1 aromatic carbocycles. The zero-order valence-electron chi connectivity index (χ0n) is 14.2. The fraction of sp³-hybridized carbons (Fsp3) is 0.611. The van der Waals surface area contributed by atoms with Crippen molar-refractivity contribution in [2.75, 3.05) is 38.2 Å². The maximum Gasteiger partial charge on any atom is 0.238 e. The van der Waals surface area contributed by atoms with E-state index in [0.717, 1.165) is 38.4 Å². The van der Waals surface area contributed by atoms with Crippen molar-refractivity contribution in [3.63, 3.8) is 0 Å². The van der Waals surface area contributed by atoms with Gasteiger partial charge in [-0.05, 0) is 24.1 Å². The molecule has 1 aliphatic heterocycles. The molecule has 1 aliphatic rings. The molecule has 0 spiro atoms. The van der Waals surface area contributed by atoms with E-state index >= 15 is 0 Å². The number of hydrogen-bond donors (Lipinski definition) is 1. The number of nitrogens with one attached hydrogen (secondary N) is 1. The molecule has 0 aromatic heterocycles. The van der Waals surface area contributed by atoms with Gasteiger partial charge in [-0.25, -0.2) is 0 Å². The first-order valence-electron chi connectivity index (χ1n) is 8.38. The monoisotopic (exact) mass is 306 g/mol. The van der Waals surface area contributed by atoms with Crippen LogP contribution >= 0.6 is 0 Å². The summed E-state index contributed by atoms with van der Waals surface area (Å²) in [4.78, 5) is 14.0. The minimum Gasteiger partial charge on any atom is -0.379 e. The summed E-state index contributed by atoms with van der Waals surface area (Å²) in [6.45, 7) is 10.0. The number of carbonyl (C=O) groups is 1. The molecule has 22 heavy (non-hydrogen) atoms. The van der Waals surface area contributed by atoms with Crippen LogP contribution in [0.5, 0.6) is 0 Å². The number of rotatable bonds is 5. The van der Waals surface area contributed by atoms with Crippen molar-refractivity contribution < 1.29 is 9.53 Å². The van der Waals surface area contributed by atoms with Crippen LogP contribution in [-0.4, -0.2) is 43.7 Å². The third-order valence-electron chi connectivity index (χ3n) is 3.62. The summed E-state index contributed by atoms with van der Waals surface area (Å²) in [7, 11) is 0. The van der Waals surface area contributed by atoms with E-state index in [0.29, 0.717) is 6.54 Å². The quantitative estimate of drug-likeness (QED) is 0.907. The van der Waals surface area contributed by atoms with Crippen LogP contribution in [0.15, 0.2) is 24.3 Å². The summed E-state index contributed by atoms with van der Waals surface area (Å²) in [5.74, 6) is 0.0427. The average Bonchev–Trinajstić information content (AvgIpc) is 2.56. The number of hydrogen-bond acceptors (Lipinski definition) is 3. The summed E-state index contributed by atoms with van der Waals surface area (Å²) in [6, 6.07) is 8.00. The molecule has 0 bridgehead atoms. The summed E-state index contributed by atoms with van der Waals surface area (Å²) in [6.07, 6.45) is 3.65. The van der Waals surface area contributed by atoms with E-state index in [1.807, 2.05) is 24.3 Å². The van der Waals surface area contributed by atoms with Crippen LogP contribution in [0.25, 0.3) is 0 Å². The highest BCUT2D eigenvalue weighted by atomic mass is 16.5. The van der Waals surface area contributed by atoms with Gasteiger partial charge in [0.1, 0.15) is 0 Å². The van der Waals surface area contributed by atoms with Gasteiger partial charge in [0.15, 0.2) is 0 Å². The molecule has 0 unspecified atom stereocenters. The normalized spacial score (nSPS) is 14.9. The Hall–Kier alpha value is -1.39. The first kappa shape index (κ1) is 18.7. The zero-order valence-corrected chi connectivity index (χ0v) is 14.2. The fourth-order valence-electron chi connectivity index (χ4n) is 1.99. The molecule has 1 fully saturated rings. The molecule has 1 N–H and O–H groups in total. The molecule has 0 radical (unpaired) electrons. The Bertz CT molecular complexity index is 410. The Morgan fingerprint density at radius 2 is 1.68 bits per heavy atom. The minimum atomic E-state index is 0.0427. The number of nitrogens with zero attached hydrogens (tertiary/aromatic N) is 1. The first-order valence-corrected chi connectivity index (χ1v) is 8.38. The molecule has 1 amide bonds. The van der Waals surface area contributed by atoms with Crippen molar-refractivity contribution in [2.24, 2.45) is 0 Å². The van der Waals surface area contributed by atoms with Gasteiger partial charge >= 0.3 is 0 Å². The maximum atomic E-state index is 11.8. The number of aryl methyl sites for hydroxylation is 1. The minimum absolute atomic E-state index is 0.0427. The van der Waals surface area contributed by atoms with Gasteiger partial charge in [0.25, 0.3) is 0 Å². The Kier molecular flexibility index (Phi) is 9.51. The van der Waals surface area contributed by atoms with Gasteiger partial charge in [-0.15, -0.1) is 0 Å². The lowest BCUT2D eigenvalue weighted by Gasteiger charge is -2.25. The highest BCUT2D eigenvalue weighted by molar-refractivity contribution is 5.92. The second-order valence-corrected chi connectivity index (χ2v) is 5.49. The number of unbranched alkanes of at least 4 members (excludes halogenated alkanes) is 1. The van der Waals surface area contributed by atoms with Gasteiger partial charge in [-0.1, -0.05) is 45.7 Å². The summed E-state index contributed by atoms with van der Waals surface area (Å²) in [5, 5.41) is 2.92. The van der Waals surface area contributed by atoms with E-state index < -0.39 is 0 Å². The van der Waals surface area contributed by atoms with Gasteiger partial charge in [-0.3, -0.25) is 9.69 Å². The van der Waals surface area contributed by atoms with E-state index in [1.165, 1.54) is 18.4 Å². The number of carbonyl (C=O) groups excluding carboxylic acids is 1. The smallest absolute Gasteiger partial charge is 0.238 e. The number of benzene rings is 1. The van der Waals surface area contributed by atoms with E-state index in [1.54, 1.807) is 0 Å². The van der Waals surface area contributed by atoms with Gasteiger partial charge in [0, 0.05) is 18.8 Å². The van der Waals surface area contributed by atoms with Crippen LogP contribution in [0.2, 0.25) is 0 Å². The van der Waals surface area contributed by atoms with Gasteiger partial charge < -0.3 is 10.1 Å². The zero-order chi connectivity index (χ0) is 16.2. The lowest BCUT2D eigenvalue weighted by molar-refractivity contribution is -0.118. The Morgan fingerprint density at radius 1 is 1.09 bits per heavy atom. The van der Waals surface area contributed by atoms with Crippen LogP contribution in [0, 0.1) is 0 Å². The first-order chi connectivity index (χ1) is 10.7. The Labute approximate surface area is 134 Å². The summed E-state index contributed by atoms with van der Waals surface area (Å²) >= 11 is 0. The third-order valence-corrected chi connectivity index (χ3v) is 3.62. The van der Waals surface area contributed by atoms with Gasteiger partial charge in [0.2, 0.25) is 5.91 Å². The summed E-state index contributed by atoms with van der Waals surface area (Å²) < 4.78 is 5.25. The van der Waals surface area contributed by atoms with Gasteiger partial charge in [-0.2, -0.15) is 0 Å². The Balaban J connectivity index is 0.000000541. The van der Waals surface area contributed by atoms with E-state index in [-0.39, 0.29) is 5.91 Å². The average molecular weight is 306 g/mol. The number of anilines is 1. The van der Waals surface area contributed by atoms with Gasteiger partial charge in [0.05, 0.1) is 19.8 Å². The van der Waals surface area contributed by atoms with E-state index in [2.05, 4.69) is 31.0 Å². The molecular formula is C18H30N2O2. The van der Waals surface area contributed by atoms with Crippen LogP contribution in [0.3, 0.4) is 0 Å². The van der Waals surface area contributed by atoms with Crippen molar-refractivity contribution in [1.82, 2.24) is 4.90 Å². The SMILES string of the molecule is CCCC.CCc1ccc(NC(=O)CN2CCOCC2)cc1. The second kappa shape index (κ2) is 11.2. The van der Waals surface area contributed by atoms with Crippen LogP contribution in [0.1, 0.15) is 39.2 Å². The van der Waals surface area contributed by atoms with Crippen LogP contribution in [0.4, 0.5) is 5.69 Å². The van der Waals surface area contributed by atoms with Crippen molar-refractivity contribution in [1.29, 1.82) is 0 Å². The number of amides is 1. The molecule has 1 saturated heterocycles. The lowest BCUT2D eigenvalue weighted by Crippen LogP contribution is -2.41. The number of morpholine rings is 1. The maximum absolute atomic E-state index is 11.8. The molecule has 4 nitrogen and oxygen atoms in total. The van der Waals surface area contributed by atoms with Crippen molar-refractivity contribution in [3.8, 4) is 0 Å². The molecule has 2 rings (SSSR count). The van der Waals surface area contributed by atoms with Crippen molar-refractivity contribution in [2.45, 2.75) is 40.0 Å². The predicted molar refractivity (Wildman–Crippen MR) is 92.3 cm³/mol. The largest absolute Gasteiger partial charge is 0.379 e. The molecule has 124 valence electrons. The second-order valence-electron chi connectivity index (χ2n) is 5.49. The van der Waals surface area contributed by atoms with Crippen molar-refractivity contribution in [3.05, 3.63) is 29.8 Å². The highest BCUT2D eigenvalue weighted by Crippen LogP contribution is 2.10. The third kappa shape index (κ3) is 7.57. The molecule has 0 saturated carbocycles. The standard InChI is InChI=1S/C14H20N2O2.C4H10/c1-2-12-3-5-13(6-4-12)15-14(17)11-16-7-9-18-10-8-16;1-3-4-2/h3-6H,2,7-11H2,1H3,(H,15,17);3-4H2,1-2H3. The topological polar surface area (TPSA) is 41.6 Å². The lowest BCUT2D eigenvalue weighted by atomic mass is 10.1. The fourth-order valence-corrected chi connectivity index (χ4v) is 1.99. The van der Waals surface area contributed by atoms with E-state index in [9.17, 15) is 4.79 Å². The molecule has 1 heterocycles. The molecule has 1 aromatic rings.